The highest BCUT2D eigenvalue weighted by Gasteiger charge is 2.19. The summed E-state index contributed by atoms with van der Waals surface area (Å²) in [5, 5.41) is 3.43. The largest absolute Gasteiger partial charge is 0.345 e. The molecule has 0 saturated carbocycles. The molecular weight excluding hydrogens is 338 g/mol. The molecule has 0 aliphatic carbocycles. The van der Waals surface area contributed by atoms with Crippen molar-refractivity contribution in [3.63, 3.8) is 0 Å². The number of hydrogen-bond donors (Lipinski definition) is 1. The summed E-state index contributed by atoms with van der Waals surface area (Å²) in [5.41, 5.74) is 2.19. The monoisotopic (exact) mass is 355 g/mol. The summed E-state index contributed by atoms with van der Waals surface area (Å²) < 4.78 is 1.87. The molecule has 25 heavy (non-hydrogen) atoms. The van der Waals surface area contributed by atoms with E-state index in [1.165, 1.54) is 0 Å². The van der Waals surface area contributed by atoms with Crippen molar-refractivity contribution in [3.05, 3.63) is 64.9 Å². The van der Waals surface area contributed by atoms with Crippen molar-refractivity contribution in [1.82, 2.24) is 14.9 Å². The lowest BCUT2D eigenvalue weighted by molar-refractivity contribution is -0.119. The van der Waals surface area contributed by atoms with Gasteiger partial charge in [-0.15, -0.1) is 0 Å². The Morgan fingerprint density at radius 3 is 2.52 bits per heavy atom. The molecule has 0 fully saturated rings. The number of carbonyl (C=O) groups excluding carboxylic acids is 2. The van der Waals surface area contributed by atoms with E-state index >= 15 is 0 Å². The van der Waals surface area contributed by atoms with Crippen LogP contribution in [0.25, 0.3) is 11.0 Å². The van der Waals surface area contributed by atoms with Gasteiger partial charge >= 0.3 is 0 Å². The van der Waals surface area contributed by atoms with Crippen molar-refractivity contribution in [2.75, 3.05) is 0 Å². The predicted octanol–water partition coefficient (Wildman–Crippen LogP) is 3.77. The standard InChI is InChI=1S/C19H18ClN3O2/c1-12(13(2)24)23-17-6-4-3-5-16(17)22-18(23)11-21-19(25)14-7-9-15(20)10-8-14/h3-10,12H,11H2,1-2H3,(H,21,25). The summed E-state index contributed by atoms with van der Waals surface area (Å²) in [5.74, 6) is 0.463. The zero-order valence-electron chi connectivity index (χ0n) is 14.0. The van der Waals surface area contributed by atoms with E-state index in [4.69, 9.17) is 11.6 Å². The first-order chi connectivity index (χ1) is 12.0. The van der Waals surface area contributed by atoms with Crippen LogP contribution in [0.3, 0.4) is 0 Å². The Labute approximate surface area is 150 Å². The van der Waals surface area contributed by atoms with E-state index in [9.17, 15) is 9.59 Å². The molecule has 1 unspecified atom stereocenters. The molecule has 1 heterocycles. The van der Waals surface area contributed by atoms with Crippen LogP contribution >= 0.6 is 11.6 Å². The maximum Gasteiger partial charge on any atom is 0.251 e. The SMILES string of the molecule is CC(=O)C(C)n1c(CNC(=O)c2ccc(Cl)cc2)nc2ccccc21. The van der Waals surface area contributed by atoms with Gasteiger partial charge in [-0.25, -0.2) is 4.98 Å². The van der Waals surface area contributed by atoms with Crippen molar-refractivity contribution in [1.29, 1.82) is 0 Å². The quantitative estimate of drug-likeness (QED) is 0.757. The molecule has 0 saturated heterocycles. The Kier molecular flexibility index (Phi) is 4.86. The van der Waals surface area contributed by atoms with E-state index in [-0.39, 0.29) is 24.3 Å². The average molecular weight is 356 g/mol. The lowest BCUT2D eigenvalue weighted by Gasteiger charge is -2.15. The van der Waals surface area contributed by atoms with E-state index in [0.29, 0.717) is 16.4 Å². The molecule has 1 amide bonds. The molecule has 0 radical (unpaired) electrons. The zero-order valence-corrected chi connectivity index (χ0v) is 14.7. The number of benzene rings is 2. The minimum absolute atomic E-state index is 0.0356. The zero-order chi connectivity index (χ0) is 18.0. The van der Waals surface area contributed by atoms with Crippen LogP contribution in [0.15, 0.2) is 48.5 Å². The summed E-state index contributed by atoms with van der Waals surface area (Å²) in [6, 6.07) is 13.9. The van der Waals surface area contributed by atoms with Crippen LogP contribution in [-0.4, -0.2) is 21.2 Å². The number of nitrogens with one attached hydrogen (secondary N) is 1. The smallest absolute Gasteiger partial charge is 0.251 e. The van der Waals surface area contributed by atoms with Crippen molar-refractivity contribution >= 4 is 34.3 Å². The molecule has 3 rings (SSSR count). The fourth-order valence-corrected chi connectivity index (χ4v) is 2.82. The number of Topliss-reactive ketones (excluding diaryl/α,β-unsaturated/α-hetero) is 1. The topological polar surface area (TPSA) is 64.0 Å². The fraction of sp³-hybridized carbons (Fsp3) is 0.211. The Morgan fingerprint density at radius 2 is 1.84 bits per heavy atom. The molecule has 0 aliphatic rings. The third-order valence-electron chi connectivity index (χ3n) is 4.16. The molecular formula is C19H18ClN3O2. The van der Waals surface area contributed by atoms with E-state index in [1.54, 1.807) is 31.2 Å². The number of carbonyl (C=O) groups is 2. The highest BCUT2D eigenvalue weighted by molar-refractivity contribution is 6.30. The number of para-hydroxylation sites is 2. The molecule has 1 aromatic heterocycles. The number of aromatic nitrogens is 2. The number of halogens is 1. The van der Waals surface area contributed by atoms with Gasteiger partial charge in [0.25, 0.3) is 5.91 Å². The lowest BCUT2D eigenvalue weighted by atomic mass is 10.2. The number of amides is 1. The lowest BCUT2D eigenvalue weighted by Crippen LogP contribution is -2.26. The second-order valence-electron chi connectivity index (χ2n) is 5.86. The molecule has 2 aromatic carbocycles. The van der Waals surface area contributed by atoms with Gasteiger partial charge in [0.15, 0.2) is 5.78 Å². The molecule has 5 nitrogen and oxygen atoms in total. The normalized spacial score (nSPS) is 12.1. The van der Waals surface area contributed by atoms with Crippen LogP contribution < -0.4 is 5.32 Å². The number of rotatable bonds is 5. The maximum atomic E-state index is 12.3. The van der Waals surface area contributed by atoms with Gasteiger partial charge in [0.05, 0.1) is 23.6 Å². The minimum atomic E-state index is -0.352. The van der Waals surface area contributed by atoms with Gasteiger partial charge in [-0.05, 0) is 50.2 Å². The number of hydrogen-bond acceptors (Lipinski definition) is 3. The summed E-state index contributed by atoms with van der Waals surface area (Å²) in [6.07, 6.45) is 0. The van der Waals surface area contributed by atoms with Gasteiger partial charge in [-0.2, -0.15) is 0 Å². The molecule has 3 aromatic rings. The molecule has 1 atom stereocenters. The van der Waals surface area contributed by atoms with E-state index < -0.39 is 0 Å². The number of imidazole rings is 1. The van der Waals surface area contributed by atoms with Crippen molar-refractivity contribution in [2.45, 2.75) is 26.4 Å². The molecule has 1 N–H and O–H groups in total. The van der Waals surface area contributed by atoms with Gasteiger partial charge in [0.2, 0.25) is 0 Å². The average Bonchev–Trinajstić information content (AvgIpc) is 2.97. The van der Waals surface area contributed by atoms with E-state index in [0.717, 1.165) is 11.0 Å². The number of ketones is 1. The first kappa shape index (κ1) is 17.2. The highest BCUT2D eigenvalue weighted by Crippen LogP contribution is 2.22. The van der Waals surface area contributed by atoms with Gasteiger partial charge in [0.1, 0.15) is 5.82 Å². The van der Waals surface area contributed by atoms with Gasteiger partial charge in [0, 0.05) is 10.6 Å². The van der Waals surface area contributed by atoms with Gasteiger partial charge < -0.3 is 9.88 Å². The van der Waals surface area contributed by atoms with E-state index in [2.05, 4.69) is 10.3 Å². The molecule has 0 bridgehead atoms. The van der Waals surface area contributed by atoms with Crippen LogP contribution in [0.2, 0.25) is 5.02 Å². The Balaban J connectivity index is 1.88. The Hall–Kier alpha value is -2.66. The summed E-state index contributed by atoms with van der Waals surface area (Å²) in [4.78, 5) is 28.8. The minimum Gasteiger partial charge on any atom is -0.345 e. The van der Waals surface area contributed by atoms with Crippen LogP contribution in [0.1, 0.15) is 36.1 Å². The Bertz CT molecular complexity index is 931. The maximum absolute atomic E-state index is 12.3. The van der Waals surface area contributed by atoms with Crippen LogP contribution in [0.4, 0.5) is 0 Å². The van der Waals surface area contributed by atoms with Crippen LogP contribution in [0.5, 0.6) is 0 Å². The highest BCUT2D eigenvalue weighted by atomic mass is 35.5. The van der Waals surface area contributed by atoms with E-state index in [1.807, 2.05) is 35.8 Å². The third-order valence-corrected chi connectivity index (χ3v) is 4.41. The third kappa shape index (κ3) is 3.56. The van der Waals surface area contributed by atoms with Crippen LogP contribution in [-0.2, 0) is 11.3 Å². The molecule has 6 heteroatoms. The Morgan fingerprint density at radius 1 is 1.16 bits per heavy atom. The fourth-order valence-electron chi connectivity index (χ4n) is 2.70. The molecule has 0 aliphatic heterocycles. The predicted molar refractivity (Wildman–Crippen MR) is 97.7 cm³/mol. The van der Waals surface area contributed by atoms with Crippen molar-refractivity contribution in [3.8, 4) is 0 Å². The van der Waals surface area contributed by atoms with Gasteiger partial charge in [-0.3, -0.25) is 9.59 Å². The molecule has 128 valence electrons. The first-order valence-corrected chi connectivity index (χ1v) is 8.35. The summed E-state index contributed by atoms with van der Waals surface area (Å²) in [6.45, 7) is 3.62. The van der Waals surface area contributed by atoms with Crippen molar-refractivity contribution in [2.24, 2.45) is 0 Å². The number of fused-ring (bicyclic) bond motifs is 1. The van der Waals surface area contributed by atoms with Gasteiger partial charge in [-0.1, -0.05) is 23.7 Å². The number of nitrogens with zero attached hydrogens (tertiary/aromatic N) is 2. The first-order valence-electron chi connectivity index (χ1n) is 7.97. The van der Waals surface area contributed by atoms with Crippen molar-refractivity contribution < 1.29 is 9.59 Å². The second kappa shape index (κ2) is 7.07. The summed E-state index contributed by atoms with van der Waals surface area (Å²) >= 11 is 5.84. The van der Waals surface area contributed by atoms with Crippen LogP contribution in [0, 0.1) is 0 Å². The second-order valence-corrected chi connectivity index (χ2v) is 6.30. The summed E-state index contributed by atoms with van der Waals surface area (Å²) in [7, 11) is 0. The molecule has 0 spiro atoms.